The normalized spacial score (nSPS) is 12.4. The molecule has 2 amide bonds. The summed E-state index contributed by atoms with van der Waals surface area (Å²) in [5, 5.41) is 22.1. The number of non-ortho nitro benzene ring substituents is 1. The van der Waals surface area contributed by atoms with E-state index in [2.05, 4.69) is 5.32 Å². The molecule has 0 fully saturated rings. The van der Waals surface area contributed by atoms with E-state index in [4.69, 9.17) is 25.3 Å². The third-order valence-electron chi connectivity index (χ3n) is 3.93. The Kier molecular flexibility index (Phi) is 11.6. The van der Waals surface area contributed by atoms with Crippen LogP contribution in [-0.2, 0) is 19.0 Å². The van der Waals surface area contributed by atoms with E-state index in [-0.39, 0.29) is 44.3 Å². The molecule has 164 valence electrons. The fourth-order valence-corrected chi connectivity index (χ4v) is 2.46. The number of nitrogens with one attached hydrogen (secondary N) is 2. The Labute approximate surface area is 173 Å². The molecule has 0 aliphatic carbocycles. The van der Waals surface area contributed by atoms with Gasteiger partial charge in [-0.05, 0) is 25.5 Å². The predicted octanol–water partition coefficient (Wildman–Crippen LogP) is 0.240. The number of carbonyl (C=O) groups excluding carboxylic acids is 2. The first kappa shape index (κ1) is 24.9. The van der Waals surface area contributed by atoms with E-state index in [0.717, 1.165) is 0 Å². The lowest BCUT2D eigenvalue weighted by Gasteiger charge is -2.23. The average Bonchev–Trinajstić information content (AvgIpc) is 2.75. The Bertz CT molecular complexity index is 735. The largest absolute Gasteiger partial charge is 0.366 e. The maximum atomic E-state index is 12.5. The topological polar surface area (TPSA) is 179 Å². The minimum atomic E-state index is -0.749. The zero-order valence-electron chi connectivity index (χ0n) is 16.5. The van der Waals surface area contributed by atoms with Gasteiger partial charge in [-0.2, -0.15) is 5.26 Å². The molecule has 0 bridgehead atoms. The smallest absolute Gasteiger partial charge is 0.269 e. The number of nitro groups is 1. The quantitative estimate of drug-likeness (QED) is 0.0943. The number of ether oxygens (including phenoxy) is 3. The number of nitrogens with zero attached hydrogens (tertiary/aromatic N) is 2. The summed E-state index contributed by atoms with van der Waals surface area (Å²) in [5.41, 5.74) is 2.10. The molecule has 1 aromatic carbocycles. The van der Waals surface area contributed by atoms with Gasteiger partial charge >= 0.3 is 0 Å². The number of rotatable bonds is 14. The van der Waals surface area contributed by atoms with E-state index < -0.39 is 28.7 Å². The van der Waals surface area contributed by atoms with Crippen molar-refractivity contribution in [2.45, 2.75) is 19.4 Å². The molecule has 0 heterocycles. The third kappa shape index (κ3) is 8.93. The van der Waals surface area contributed by atoms with Crippen LogP contribution in [0, 0.1) is 27.4 Å². The van der Waals surface area contributed by atoms with E-state index in [0.29, 0.717) is 6.61 Å². The van der Waals surface area contributed by atoms with E-state index in [1.165, 1.54) is 24.3 Å². The van der Waals surface area contributed by atoms with Gasteiger partial charge in [0, 0.05) is 24.3 Å². The van der Waals surface area contributed by atoms with Crippen LogP contribution >= 0.6 is 0 Å². The predicted molar refractivity (Wildman–Crippen MR) is 104 cm³/mol. The van der Waals surface area contributed by atoms with Crippen LogP contribution in [0.3, 0.4) is 0 Å². The minimum absolute atomic E-state index is 0.000906. The van der Waals surface area contributed by atoms with Gasteiger partial charge in [-0.15, -0.1) is 0 Å². The van der Waals surface area contributed by atoms with Crippen molar-refractivity contribution < 1.29 is 28.7 Å². The lowest BCUT2D eigenvalue weighted by molar-refractivity contribution is -0.384. The minimum Gasteiger partial charge on any atom is -0.366 e. The second kappa shape index (κ2) is 14.0. The van der Waals surface area contributed by atoms with Crippen molar-refractivity contribution >= 4 is 17.5 Å². The Morgan fingerprint density at radius 2 is 1.93 bits per heavy atom. The molecule has 12 heteroatoms. The number of hydrazine groups is 1. The summed E-state index contributed by atoms with van der Waals surface area (Å²) in [6.07, 6.45) is 0.110. The van der Waals surface area contributed by atoms with Crippen molar-refractivity contribution in [3.05, 3.63) is 39.9 Å². The second-order valence-electron chi connectivity index (χ2n) is 6.07. The third-order valence-corrected chi connectivity index (χ3v) is 3.93. The van der Waals surface area contributed by atoms with Crippen LogP contribution < -0.4 is 16.6 Å². The Morgan fingerprint density at radius 1 is 1.23 bits per heavy atom. The number of carbonyl (C=O) groups is 2. The highest BCUT2D eigenvalue weighted by Gasteiger charge is 2.25. The van der Waals surface area contributed by atoms with Gasteiger partial charge in [0.2, 0.25) is 5.91 Å². The van der Waals surface area contributed by atoms with Gasteiger partial charge in [0.1, 0.15) is 13.4 Å². The lowest BCUT2D eigenvalue weighted by atomic mass is 9.99. The van der Waals surface area contributed by atoms with Gasteiger partial charge < -0.3 is 19.5 Å². The maximum Gasteiger partial charge on any atom is 0.269 e. The van der Waals surface area contributed by atoms with Crippen molar-refractivity contribution in [1.82, 2.24) is 10.7 Å². The number of amides is 2. The van der Waals surface area contributed by atoms with Crippen molar-refractivity contribution in [1.29, 1.82) is 5.26 Å². The Hall–Kier alpha value is -3.11. The summed E-state index contributed by atoms with van der Waals surface area (Å²) in [7, 11) is 0. The summed E-state index contributed by atoms with van der Waals surface area (Å²) < 4.78 is 15.6. The van der Waals surface area contributed by atoms with Gasteiger partial charge in [-0.3, -0.25) is 25.1 Å². The second-order valence-corrected chi connectivity index (χ2v) is 6.07. The van der Waals surface area contributed by atoms with Crippen LogP contribution in [-0.4, -0.2) is 56.0 Å². The first-order valence-corrected chi connectivity index (χ1v) is 9.08. The van der Waals surface area contributed by atoms with Crippen LogP contribution in [0.4, 0.5) is 5.69 Å². The summed E-state index contributed by atoms with van der Waals surface area (Å²) in [4.78, 5) is 34.8. The zero-order valence-corrected chi connectivity index (χ0v) is 16.5. The van der Waals surface area contributed by atoms with Crippen molar-refractivity contribution in [3.63, 3.8) is 0 Å². The fraction of sp³-hybridized carbons (Fsp3) is 0.500. The molecular formula is C18H25N5O7. The molecule has 12 nitrogen and oxygen atoms in total. The number of nitrogens with two attached hydrogens (primary N) is 1. The number of nitro benzene ring substituents is 1. The fourth-order valence-electron chi connectivity index (χ4n) is 2.46. The molecule has 0 aliphatic heterocycles. The summed E-state index contributed by atoms with van der Waals surface area (Å²) in [6.45, 7) is 2.00. The first-order valence-electron chi connectivity index (χ1n) is 9.08. The van der Waals surface area contributed by atoms with Crippen LogP contribution in [0.1, 0.15) is 23.7 Å². The molecule has 30 heavy (non-hydrogen) atoms. The molecule has 0 spiro atoms. The van der Waals surface area contributed by atoms with E-state index in [1.807, 2.05) is 5.43 Å². The Balaban J connectivity index is 2.85. The molecule has 0 saturated carbocycles. The van der Waals surface area contributed by atoms with Crippen molar-refractivity contribution in [2.24, 2.45) is 11.8 Å². The molecule has 2 atom stereocenters. The molecule has 0 aliphatic rings. The zero-order chi connectivity index (χ0) is 22.4. The van der Waals surface area contributed by atoms with Crippen LogP contribution in [0.2, 0.25) is 0 Å². The molecule has 4 N–H and O–H groups in total. The number of nitriles is 1. The number of benzene rings is 1. The number of hydrogen-bond donors (Lipinski definition) is 3. The van der Waals surface area contributed by atoms with Crippen LogP contribution in [0.25, 0.3) is 0 Å². The molecule has 1 aromatic rings. The monoisotopic (exact) mass is 423 g/mol. The van der Waals surface area contributed by atoms with Gasteiger partial charge in [0.15, 0.2) is 0 Å². The van der Waals surface area contributed by atoms with E-state index in [1.54, 1.807) is 13.0 Å². The summed E-state index contributed by atoms with van der Waals surface area (Å²) in [5.74, 6) is 3.44. The lowest BCUT2D eigenvalue weighted by Crippen LogP contribution is -2.45. The number of hydrogen-bond acceptors (Lipinski definition) is 9. The molecular weight excluding hydrogens is 398 g/mol. The summed E-state index contributed by atoms with van der Waals surface area (Å²) >= 11 is 0. The van der Waals surface area contributed by atoms with Crippen LogP contribution in [0.5, 0.6) is 0 Å². The van der Waals surface area contributed by atoms with E-state index >= 15 is 0 Å². The van der Waals surface area contributed by atoms with Gasteiger partial charge in [-0.25, -0.2) is 5.84 Å². The average molecular weight is 423 g/mol. The van der Waals surface area contributed by atoms with Crippen molar-refractivity contribution in [3.8, 4) is 6.07 Å². The maximum absolute atomic E-state index is 12.5. The standard InChI is InChI=1S/C18H25N5O7/c1-2-28-12-30-11-15(9-14(18(25)22-20)10-29-8-7-19)21-17(24)13-3-5-16(6-4-13)23(26)27/h3-6,14-15H,2,8-12,20H2,1H3,(H,21,24)(H,22,25). The Morgan fingerprint density at radius 3 is 2.50 bits per heavy atom. The highest BCUT2D eigenvalue weighted by molar-refractivity contribution is 5.94. The van der Waals surface area contributed by atoms with Crippen LogP contribution in [0.15, 0.2) is 24.3 Å². The van der Waals surface area contributed by atoms with Gasteiger partial charge in [0.05, 0.1) is 36.2 Å². The van der Waals surface area contributed by atoms with Crippen molar-refractivity contribution in [2.75, 3.05) is 33.2 Å². The highest BCUT2D eigenvalue weighted by atomic mass is 16.7. The summed E-state index contributed by atoms with van der Waals surface area (Å²) in [6, 6.07) is 6.27. The SMILES string of the molecule is CCOCOCC(CC(COCC#N)C(=O)NN)NC(=O)c1ccc([N+](=O)[O-])cc1. The molecule has 1 rings (SSSR count). The highest BCUT2D eigenvalue weighted by Crippen LogP contribution is 2.14. The molecule has 0 saturated heterocycles. The first-order chi connectivity index (χ1) is 14.4. The molecule has 0 radical (unpaired) electrons. The van der Waals surface area contributed by atoms with Gasteiger partial charge in [0.25, 0.3) is 11.6 Å². The molecule has 0 aromatic heterocycles. The molecule has 2 unspecified atom stereocenters. The van der Waals surface area contributed by atoms with E-state index in [9.17, 15) is 19.7 Å². The van der Waals surface area contributed by atoms with Gasteiger partial charge in [-0.1, -0.05) is 0 Å².